The van der Waals surface area contributed by atoms with Crippen LogP contribution in [0.3, 0.4) is 0 Å². The number of aromatic nitrogens is 1. The fourth-order valence-corrected chi connectivity index (χ4v) is 1.46. The molecule has 0 spiro atoms. The van der Waals surface area contributed by atoms with Gasteiger partial charge in [0, 0.05) is 18.1 Å². The Morgan fingerprint density at radius 3 is 3.08 bits per heavy atom. The summed E-state index contributed by atoms with van der Waals surface area (Å²) >= 11 is 1.59. The number of hydrogen-bond acceptors (Lipinski definition) is 4. The van der Waals surface area contributed by atoms with Gasteiger partial charge in [-0.2, -0.15) is 11.8 Å². The molecular formula is C9H12N2OS. The van der Waals surface area contributed by atoms with Crippen LogP contribution in [0, 0.1) is 0 Å². The van der Waals surface area contributed by atoms with Crippen LogP contribution in [0.2, 0.25) is 0 Å². The smallest absolute Gasteiger partial charge is 0.176 e. The molecule has 0 radical (unpaired) electrons. The maximum Gasteiger partial charge on any atom is 0.176 e. The standard InChI is InChI=1S/C9H12N2OS/c1-2-13-6-9(12)7-5-11-4-3-8(7)10/h3-5H,2,6H2,1H3,(H2,10,11). The molecule has 0 amide bonds. The topological polar surface area (TPSA) is 56.0 Å². The molecule has 0 aliphatic heterocycles. The SMILES string of the molecule is CCSCC(=O)c1cnccc1N. The van der Waals surface area contributed by atoms with Crippen LogP contribution in [0.15, 0.2) is 18.5 Å². The fourth-order valence-electron chi connectivity index (χ4n) is 0.911. The van der Waals surface area contributed by atoms with Crippen LogP contribution in [0.1, 0.15) is 17.3 Å². The molecule has 1 aromatic heterocycles. The van der Waals surface area contributed by atoms with E-state index in [1.807, 2.05) is 6.92 Å². The average Bonchev–Trinajstić information content (AvgIpc) is 2.15. The summed E-state index contributed by atoms with van der Waals surface area (Å²) in [4.78, 5) is 15.3. The van der Waals surface area contributed by atoms with Crippen molar-refractivity contribution in [3.05, 3.63) is 24.0 Å². The average molecular weight is 196 g/mol. The first-order chi connectivity index (χ1) is 6.25. The Labute approximate surface area is 81.7 Å². The Bertz CT molecular complexity index is 301. The Morgan fingerprint density at radius 1 is 1.69 bits per heavy atom. The summed E-state index contributed by atoms with van der Waals surface area (Å²) in [5.74, 6) is 1.47. The van der Waals surface area contributed by atoms with Crippen LogP contribution >= 0.6 is 11.8 Å². The Balaban J connectivity index is 2.71. The summed E-state index contributed by atoms with van der Waals surface area (Å²) in [6.07, 6.45) is 3.10. The maximum atomic E-state index is 11.5. The minimum absolute atomic E-state index is 0.0532. The van der Waals surface area contributed by atoms with Crippen molar-refractivity contribution < 1.29 is 4.79 Å². The molecule has 0 atom stereocenters. The second kappa shape index (κ2) is 4.87. The molecule has 0 saturated carbocycles. The van der Waals surface area contributed by atoms with Crippen molar-refractivity contribution in [1.29, 1.82) is 0 Å². The molecule has 1 heterocycles. The molecule has 4 heteroatoms. The lowest BCUT2D eigenvalue weighted by atomic mass is 10.2. The fraction of sp³-hybridized carbons (Fsp3) is 0.333. The highest BCUT2D eigenvalue weighted by Crippen LogP contribution is 2.12. The van der Waals surface area contributed by atoms with Gasteiger partial charge in [-0.15, -0.1) is 0 Å². The maximum absolute atomic E-state index is 11.5. The summed E-state index contributed by atoms with van der Waals surface area (Å²) < 4.78 is 0. The third-order valence-corrected chi connectivity index (χ3v) is 2.47. The molecule has 70 valence electrons. The Kier molecular flexibility index (Phi) is 3.76. The molecule has 13 heavy (non-hydrogen) atoms. The van der Waals surface area contributed by atoms with Gasteiger partial charge >= 0.3 is 0 Å². The lowest BCUT2D eigenvalue weighted by molar-refractivity contribution is 0.102. The zero-order chi connectivity index (χ0) is 9.68. The number of rotatable bonds is 4. The number of ketones is 1. The van der Waals surface area contributed by atoms with Crippen LogP contribution in [-0.2, 0) is 0 Å². The van der Waals surface area contributed by atoms with Gasteiger partial charge < -0.3 is 5.73 Å². The molecule has 0 aromatic carbocycles. The van der Waals surface area contributed by atoms with Crippen molar-refractivity contribution in [3.63, 3.8) is 0 Å². The summed E-state index contributed by atoms with van der Waals surface area (Å²) in [5.41, 5.74) is 6.66. The van der Waals surface area contributed by atoms with Gasteiger partial charge in [0.25, 0.3) is 0 Å². The molecule has 0 saturated heterocycles. The highest BCUT2D eigenvalue weighted by Gasteiger charge is 2.08. The van der Waals surface area contributed by atoms with Crippen LogP contribution in [0.25, 0.3) is 0 Å². The summed E-state index contributed by atoms with van der Waals surface area (Å²) in [6, 6.07) is 1.64. The number of carbonyl (C=O) groups excluding carboxylic acids is 1. The molecule has 0 aliphatic rings. The molecule has 0 fully saturated rings. The van der Waals surface area contributed by atoms with E-state index in [4.69, 9.17) is 5.73 Å². The second-order valence-electron chi connectivity index (χ2n) is 2.52. The van der Waals surface area contributed by atoms with Gasteiger partial charge in [-0.3, -0.25) is 9.78 Å². The van der Waals surface area contributed by atoms with Gasteiger partial charge in [-0.25, -0.2) is 0 Å². The summed E-state index contributed by atoms with van der Waals surface area (Å²) in [7, 11) is 0. The minimum Gasteiger partial charge on any atom is -0.398 e. The van der Waals surface area contributed by atoms with E-state index in [9.17, 15) is 4.79 Å². The van der Waals surface area contributed by atoms with E-state index in [-0.39, 0.29) is 5.78 Å². The van der Waals surface area contributed by atoms with E-state index < -0.39 is 0 Å². The normalized spacial score (nSPS) is 9.92. The number of carbonyl (C=O) groups is 1. The first-order valence-electron chi connectivity index (χ1n) is 4.06. The molecule has 0 unspecified atom stereocenters. The molecule has 3 nitrogen and oxygen atoms in total. The largest absolute Gasteiger partial charge is 0.398 e. The quantitative estimate of drug-likeness (QED) is 0.743. The first-order valence-corrected chi connectivity index (χ1v) is 5.21. The number of anilines is 1. The third kappa shape index (κ3) is 2.73. The highest BCUT2D eigenvalue weighted by atomic mass is 32.2. The zero-order valence-electron chi connectivity index (χ0n) is 7.49. The molecule has 0 aliphatic carbocycles. The van der Waals surface area contributed by atoms with Gasteiger partial charge in [0.15, 0.2) is 5.78 Å². The van der Waals surface area contributed by atoms with E-state index in [1.165, 1.54) is 6.20 Å². The lowest BCUT2D eigenvalue weighted by Gasteiger charge is -2.02. The van der Waals surface area contributed by atoms with Crippen molar-refractivity contribution in [3.8, 4) is 0 Å². The van der Waals surface area contributed by atoms with Crippen LogP contribution in [0.5, 0.6) is 0 Å². The highest BCUT2D eigenvalue weighted by molar-refractivity contribution is 7.99. The van der Waals surface area contributed by atoms with Gasteiger partial charge in [-0.1, -0.05) is 6.92 Å². The van der Waals surface area contributed by atoms with E-state index in [0.717, 1.165) is 5.75 Å². The predicted molar refractivity (Wildman–Crippen MR) is 56.0 cm³/mol. The third-order valence-electron chi connectivity index (χ3n) is 1.59. The lowest BCUT2D eigenvalue weighted by Crippen LogP contribution is -2.06. The van der Waals surface area contributed by atoms with Crippen LogP contribution in [0.4, 0.5) is 5.69 Å². The van der Waals surface area contributed by atoms with Crippen LogP contribution in [-0.4, -0.2) is 22.3 Å². The molecule has 0 bridgehead atoms. The predicted octanol–water partition coefficient (Wildman–Crippen LogP) is 1.60. The number of thioether (sulfide) groups is 1. The second-order valence-corrected chi connectivity index (χ2v) is 3.80. The van der Waals surface area contributed by atoms with Crippen molar-refractivity contribution in [2.24, 2.45) is 0 Å². The number of Topliss-reactive ketones (excluding diaryl/α,β-unsaturated/α-hetero) is 1. The monoisotopic (exact) mass is 196 g/mol. The first kappa shape index (κ1) is 10.1. The van der Waals surface area contributed by atoms with Crippen LogP contribution < -0.4 is 5.73 Å². The number of nitrogens with two attached hydrogens (primary N) is 1. The summed E-state index contributed by atoms with van der Waals surface area (Å²) in [5, 5.41) is 0. The van der Waals surface area contributed by atoms with Gasteiger partial charge in [0.1, 0.15) is 0 Å². The number of hydrogen-bond donors (Lipinski definition) is 1. The molecule has 2 N–H and O–H groups in total. The van der Waals surface area contributed by atoms with E-state index in [2.05, 4.69) is 4.98 Å². The minimum atomic E-state index is 0.0532. The van der Waals surface area contributed by atoms with Crippen molar-refractivity contribution >= 4 is 23.2 Å². The van der Waals surface area contributed by atoms with Crippen molar-refractivity contribution in [2.45, 2.75) is 6.92 Å². The van der Waals surface area contributed by atoms with E-state index in [0.29, 0.717) is 17.0 Å². The summed E-state index contributed by atoms with van der Waals surface area (Å²) in [6.45, 7) is 2.02. The zero-order valence-corrected chi connectivity index (χ0v) is 8.30. The molecule has 1 aromatic rings. The molecular weight excluding hydrogens is 184 g/mol. The van der Waals surface area contributed by atoms with Gasteiger partial charge in [0.05, 0.1) is 11.3 Å². The molecule has 1 rings (SSSR count). The van der Waals surface area contributed by atoms with Gasteiger partial charge in [-0.05, 0) is 11.8 Å². The van der Waals surface area contributed by atoms with Gasteiger partial charge in [0.2, 0.25) is 0 Å². The van der Waals surface area contributed by atoms with Crippen molar-refractivity contribution in [1.82, 2.24) is 4.98 Å². The Morgan fingerprint density at radius 2 is 2.46 bits per heavy atom. The number of nitrogen functional groups attached to an aromatic ring is 1. The van der Waals surface area contributed by atoms with E-state index >= 15 is 0 Å². The number of nitrogens with zero attached hydrogens (tertiary/aromatic N) is 1. The van der Waals surface area contributed by atoms with E-state index in [1.54, 1.807) is 24.0 Å². The van der Waals surface area contributed by atoms with Crippen molar-refractivity contribution in [2.75, 3.05) is 17.2 Å². The Hall–Kier alpha value is -1.03. The number of pyridine rings is 1.